The molecule has 110 valence electrons. The van der Waals surface area contributed by atoms with Gasteiger partial charge >= 0.3 is 0 Å². The number of hydrogen-bond donors (Lipinski definition) is 2. The number of carbonyl (C=O) groups excluding carboxylic acids is 2. The fourth-order valence-electron chi connectivity index (χ4n) is 3.25. The standard InChI is InChI=1S/C17H20N2O2/c1-2-3-8-14-16(20)19-15(17(21)18-14)13-9-11-6-4-5-7-12(11)10-13/h2-7,13-15H,8-10H2,1H3,(H,18,21)(H,19,20)/b3-2+. The van der Waals surface area contributed by atoms with Crippen LogP contribution in [0.2, 0.25) is 0 Å². The van der Waals surface area contributed by atoms with E-state index >= 15 is 0 Å². The molecule has 1 heterocycles. The highest BCUT2D eigenvalue weighted by Gasteiger charge is 2.39. The number of carbonyl (C=O) groups is 2. The van der Waals surface area contributed by atoms with Crippen molar-refractivity contribution in [2.45, 2.75) is 38.3 Å². The second kappa shape index (κ2) is 5.72. The zero-order chi connectivity index (χ0) is 14.8. The van der Waals surface area contributed by atoms with E-state index in [0.717, 1.165) is 12.8 Å². The Morgan fingerprint density at radius 1 is 1.10 bits per heavy atom. The third-order valence-corrected chi connectivity index (χ3v) is 4.37. The number of hydrogen-bond acceptors (Lipinski definition) is 2. The van der Waals surface area contributed by atoms with Gasteiger partial charge in [-0.15, -0.1) is 0 Å². The minimum Gasteiger partial charge on any atom is -0.342 e. The second-order valence-corrected chi connectivity index (χ2v) is 5.79. The summed E-state index contributed by atoms with van der Waals surface area (Å²) < 4.78 is 0. The number of fused-ring (bicyclic) bond motifs is 1. The average molecular weight is 284 g/mol. The lowest BCUT2D eigenvalue weighted by atomic mass is 9.93. The summed E-state index contributed by atoms with van der Waals surface area (Å²) in [5, 5.41) is 5.77. The van der Waals surface area contributed by atoms with Gasteiger partial charge in [0.2, 0.25) is 11.8 Å². The summed E-state index contributed by atoms with van der Waals surface area (Å²) in [6, 6.07) is 7.40. The molecule has 0 spiro atoms. The molecule has 1 aliphatic heterocycles. The fourth-order valence-corrected chi connectivity index (χ4v) is 3.25. The molecule has 0 radical (unpaired) electrons. The van der Waals surface area contributed by atoms with Crippen LogP contribution in [0.3, 0.4) is 0 Å². The molecule has 0 aromatic heterocycles. The van der Waals surface area contributed by atoms with Gasteiger partial charge in [0, 0.05) is 0 Å². The quantitative estimate of drug-likeness (QED) is 0.823. The summed E-state index contributed by atoms with van der Waals surface area (Å²) >= 11 is 0. The first-order chi connectivity index (χ1) is 10.2. The summed E-state index contributed by atoms with van der Waals surface area (Å²) in [4.78, 5) is 24.4. The number of rotatable bonds is 3. The summed E-state index contributed by atoms with van der Waals surface area (Å²) in [5.74, 6) is 0.0320. The van der Waals surface area contributed by atoms with E-state index in [4.69, 9.17) is 0 Å². The molecule has 2 N–H and O–H groups in total. The van der Waals surface area contributed by atoms with Crippen molar-refractivity contribution in [2.24, 2.45) is 5.92 Å². The first kappa shape index (κ1) is 13.9. The third-order valence-electron chi connectivity index (χ3n) is 4.37. The predicted molar refractivity (Wildman–Crippen MR) is 80.6 cm³/mol. The van der Waals surface area contributed by atoms with Gasteiger partial charge in [0.15, 0.2) is 0 Å². The number of amides is 2. The van der Waals surface area contributed by atoms with Crippen LogP contribution in [0.5, 0.6) is 0 Å². The molecule has 1 aromatic carbocycles. The van der Waals surface area contributed by atoms with E-state index in [0.29, 0.717) is 6.42 Å². The predicted octanol–water partition coefficient (Wildman–Crippen LogP) is 1.35. The summed E-state index contributed by atoms with van der Waals surface area (Å²) in [5.41, 5.74) is 2.58. The molecule has 0 saturated carbocycles. The van der Waals surface area contributed by atoms with Crippen molar-refractivity contribution >= 4 is 11.8 Å². The minimum atomic E-state index is -0.436. The number of benzene rings is 1. The Bertz CT molecular complexity index is 569. The van der Waals surface area contributed by atoms with E-state index in [1.807, 2.05) is 31.2 Å². The highest BCUT2D eigenvalue weighted by molar-refractivity contribution is 5.97. The van der Waals surface area contributed by atoms with Crippen molar-refractivity contribution in [1.82, 2.24) is 10.6 Å². The Kier molecular flexibility index (Phi) is 3.78. The first-order valence-electron chi connectivity index (χ1n) is 7.47. The molecule has 2 aliphatic rings. The van der Waals surface area contributed by atoms with Crippen molar-refractivity contribution in [2.75, 3.05) is 0 Å². The molecule has 1 saturated heterocycles. The lowest BCUT2D eigenvalue weighted by Crippen LogP contribution is -2.63. The zero-order valence-corrected chi connectivity index (χ0v) is 12.1. The van der Waals surface area contributed by atoms with Gasteiger partial charge in [-0.2, -0.15) is 0 Å². The van der Waals surface area contributed by atoms with E-state index < -0.39 is 12.1 Å². The Hall–Kier alpha value is -2.10. The Morgan fingerprint density at radius 3 is 2.38 bits per heavy atom. The monoisotopic (exact) mass is 284 g/mol. The van der Waals surface area contributed by atoms with E-state index in [1.165, 1.54) is 11.1 Å². The van der Waals surface area contributed by atoms with Crippen LogP contribution in [-0.2, 0) is 22.4 Å². The fraction of sp³-hybridized carbons (Fsp3) is 0.412. The molecule has 0 bridgehead atoms. The van der Waals surface area contributed by atoms with Crippen LogP contribution in [0, 0.1) is 5.92 Å². The maximum absolute atomic E-state index is 12.3. The molecule has 4 nitrogen and oxygen atoms in total. The van der Waals surface area contributed by atoms with Gasteiger partial charge in [-0.1, -0.05) is 36.4 Å². The Balaban J connectivity index is 1.69. The van der Waals surface area contributed by atoms with Crippen LogP contribution in [0.15, 0.2) is 36.4 Å². The maximum Gasteiger partial charge on any atom is 0.243 e. The molecule has 2 amide bonds. The van der Waals surface area contributed by atoms with Gasteiger partial charge in [0.05, 0.1) is 0 Å². The second-order valence-electron chi connectivity index (χ2n) is 5.79. The van der Waals surface area contributed by atoms with E-state index in [-0.39, 0.29) is 17.7 Å². The highest BCUT2D eigenvalue weighted by atomic mass is 16.2. The van der Waals surface area contributed by atoms with Crippen molar-refractivity contribution < 1.29 is 9.59 Å². The summed E-state index contributed by atoms with van der Waals surface area (Å²) in [7, 11) is 0. The molecule has 2 unspecified atom stereocenters. The molecule has 21 heavy (non-hydrogen) atoms. The molecule has 1 aliphatic carbocycles. The van der Waals surface area contributed by atoms with Crippen LogP contribution >= 0.6 is 0 Å². The summed E-state index contributed by atoms with van der Waals surface area (Å²) in [6.45, 7) is 1.90. The van der Waals surface area contributed by atoms with Crippen LogP contribution < -0.4 is 10.6 Å². The van der Waals surface area contributed by atoms with E-state index in [2.05, 4.69) is 22.8 Å². The van der Waals surface area contributed by atoms with Crippen LogP contribution in [0.1, 0.15) is 24.5 Å². The first-order valence-corrected chi connectivity index (χ1v) is 7.47. The number of allylic oxidation sites excluding steroid dienone is 1. The van der Waals surface area contributed by atoms with E-state index in [9.17, 15) is 9.59 Å². The Morgan fingerprint density at radius 2 is 1.76 bits per heavy atom. The minimum absolute atomic E-state index is 0.0538. The molecule has 4 heteroatoms. The van der Waals surface area contributed by atoms with Crippen LogP contribution in [0.25, 0.3) is 0 Å². The topological polar surface area (TPSA) is 58.2 Å². The van der Waals surface area contributed by atoms with Crippen LogP contribution in [0.4, 0.5) is 0 Å². The number of nitrogens with one attached hydrogen (secondary N) is 2. The highest BCUT2D eigenvalue weighted by Crippen LogP contribution is 2.29. The van der Waals surface area contributed by atoms with E-state index in [1.54, 1.807) is 0 Å². The van der Waals surface area contributed by atoms with Crippen molar-refractivity contribution in [1.29, 1.82) is 0 Å². The number of piperazine rings is 1. The molecule has 2 atom stereocenters. The lowest BCUT2D eigenvalue weighted by molar-refractivity contribution is -0.138. The largest absolute Gasteiger partial charge is 0.342 e. The maximum atomic E-state index is 12.3. The van der Waals surface area contributed by atoms with Crippen molar-refractivity contribution in [3.63, 3.8) is 0 Å². The van der Waals surface area contributed by atoms with Gasteiger partial charge in [0.1, 0.15) is 12.1 Å². The normalized spacial score (nSPS) is 25.8. The third kappa shape index (κ3) is 2.71. The van der Waals surface area contributed by atoms with Gasteiger partial charge in [-0.3, -0.25) is 9.59 Å². The molecule has 1 aromatic rings. The summed E-state index contributed by atoms with van der Waals surface area (Å²) in [6.07, 6.45) is 6.04. The molecular formula is C17H20N2O2. The smallest absolute Gasteiger partial charge is 0.243 e. The molecular weight excluding hydrogens is 264 g/mol. The molecule has 1 fully saturated rings. The SMILES string of the molecule is C/C=C/CC1NC(=O)C(C2Cc3ccccc3C2)NC1=O. The van der Waals surface area contributed by atoms with Crippen molar-refractivity contribution in [3.05, 3.63) is 47.5 Å². The Labute approximate surface area is 124 Å². The lowest BCUT2D eigenvalue weighted by Gasteiger charge is -2.32. The van der Waals surface area contributed by atoms with Gasteiger partial charge in [-0.25, -0.2) is 0 Å². The van der Waals surface area contributed by atoms with Crippen molar-refractivity contribution in [3.8, 4) is 0 Å². The van der Waals surface area contributed by atoms with Gasteiger partial charge in [0.25, 0.3) is 0 Å². The average Bonchev–Trinajstić information content (AvgIpc) is 2.91. The van der Waals surface area contributed by atoms with Gasteiger partial charge < -0.3 is 10.6 Å². The van der Waals surface area contributed by atoms with Crippen LogP contribution in [-0.4, -0.2) is 23.9 Å². The van der Waals surface area contributed by atoms with Gasteiger partial charge in [-0.05, 0) is 43.2 Å². The zero-order valence-electron chi connectivity index (χ0n) is 12.1. The molecule has 3 rings (SSSR count).